The number of hydrogen-bond acceptors (Lipinski definition) is 10. The van der Waals surface area contributed by atoms with E-state index in [0.29, 0.717) is 35.3 Å². The highest BCUT2D eigenvalue weighted by molar-refractivity contribution is 6.25. The van der Waals surface area contributed by atoms with Crippen LogP contribution in [0.4, 0.5) is 22.7 Å². The molecule has 0 fully saturated rings. The summed E-state index contributed by atoms with van der Waals surface area (Å²) in [6.45, 7) is 0. The molecular weight excluding hydrogens is 663 g/mol. The molecule has 0 N–H and O–H groups in total. The predicted octanol–water partition coefficient (Wildman–Crippen LogP) is 6.74. The molecule has 266 valence electrons. The first-order valence-electron chi connectivity index (χ1n) is 17.5. The van der Waals surface area contributed by atoms with E-state index in [1.807, 2.05) is 17.1 Å². The van der Waals surface area contributed by atoms with Gasteiger partial charge in [0.15, 0.2) is 0 Å². The Labute approximate surface area is 307 Å². The minimum absolute atomic E-state index is 0.470. The van der Waals surface area contributed by atoms with Crippen LogP contribution in [0.2, 0.25) is 0 Å². The molecule has 9 rings (SSSR count). The molecule has 12 heteroatoms. The number of ether oxygens (including phenoxy) is 1. The fourth-order valence-corrected chi connectivity index (χ4v) is 7.32. The topological polar surface area (TPSA) is 84.7 Å². The summed E-state index contributed by atoms with van der Waals surface area (Å²) in [5.74, 6) is 3.37. The van der Waals surface area contributed by atoms with Gasteiger partial charge in [-0.3, -0.25) is 9.13 Å². The van der Waals surface area contributed by atoms with Crippen molar-refractivity contribution in [1.29, 1.82) is 0 Å². The van der Waals surface area contributed by atoms with Crippen LogP contribution in [0.1, 0.15) is 0 Å². The van der Waals surface area contributed by atoms with Crippen LogP contribution in [0.25, 0.3) is 43.6 Å². The van der Waals surface area contributed by atoms with Crippen LogP contribution in [0.5, 0.6) is 0 Å². The molecule has 3 aliphatic rings. The smallest absolute Gasteiger partial charge is 0.243 e. The molecular formula is C41H41N11O. The zero-order valence-electron chi connectivity index (χ0n) is 31.4. The molecule has 5 heterocycles. The average molecular weight is 704 g/mol. The first kappa shape index (κ1) is 32.4. The van der Waals surface area contributed by atoms with Gasteiger partial charge in [0.2, 0.25) is 17.9 Å². The molecule has 0 amide bonds. The molecule has 0 radical (unpaired) electrons. The lowest BCUT2D eigenvalue weighted by molar-refractivity contribution is 0.304. The molecule has 12 nitrogen and oxygen atoms in total. The number of aromatic nitrogens is 2. The Morgan fingerprint density at radius 3 is 1.21 bits per heavy atom. The summed E-state index contributed by atoms with van der Waals surface area (Å²) in [6.07, 6.45) is 3.82. The van der Waals surface area contributed by atoms with Gasteiger partial charge in [0.25, 0.3) is 0 Å². The molecule has 0 bridgehead atoms. The number of fused-ring (bicyclic) bond motifs is 6. The maximum Gasteiger partial charge on any atom is 0.243 e. The summed E-state index contributed by atoms with van der Waals surface area (Å²) in [4.78, 5) is 31.2. The molecule has 0 saturated heterocycles. The maximum absolute atomic E-state index is 5.83. The lowest BCUT2D eigenvalue weighted by Crippen LogP contribution is -2.43. The van der Waals surface area contributed by atoms with Gasteiger partial charge in [-0.25, -0.2) is 4.90 Å². The second-order valence-electron chi connectivity index (χ2n) is 14.3. The number of guanidine groups is 1. The second-order valence-corrected chi connectivity index (χ2v) is 14.3. The van der Waals surface area contributed by atoms with Gasteiger partial charge in [-0.05, 0) is 48.5 Å². The van der Waals surface area contributed by atoms with Gasteiger partial charge >= 0.3 is 0 Å². The van der Waals surface area contributed by atoms with E-state index in [0.717, 1.165) is 66.4 Å². The number of nitrogens with zero attached hydrogens (tertiary/aromatic N) is 11. The average Bonchev–Trinajstić information content (AvgIpc) is 3.65. The van der Waals surface area contributed by atoms with E-state index in [2.05, 4.69) is 158 Å². The summed E-state index contributed by atoms with van der Waals surface area (Å²) >= 11 is 0. The van der Waals surface area contributed by atoms with Gasteiger partial charge in [-0.1, -0.05) is 24.3 Å². The Morgan fingerprint density at radius 1 is 0.453 bits per heavy atom. The van der Waals surface area contributed by atoms with Crippen molar-refractivity contribution >= 4 is 90.1 Å². The van der Waals surface area contributed by atoms with Gasteiger partial charge in [-0.15, -0.1) is 0 Å². The molecule has 53 heavy (non-hydrogen) atoms. The Morgan fingerprint density at radius 2 is 0.830 bits per heavy atom. The minimum Gasteiger partial charge on any atom is -0.496 e. The number of allylic oxidation sites excluding steroid dienone is 1. The SMILES string of the molecule is COC1=CC2=NC(n3c4cc(N(C)C)ccc4c4ccc(N(C)C)cc43)=NC3=NC(n4c5cc(N(C)C)ccc5c5ccc(N(C)C)cc54)=NC(=C1)N23. The fraction of sp³-hybridized carbons (Fsp3) is 0.220. The second kappa shape index (κ2) is 11.7. The normalized spacial score (nSPS) is 15.2. The fourth-order valence-electron chi connectivity index (χ4n) is 7.32. The lowest BCUT2D eigenvalue weighted by atomic mass is 10.1. The van der Waals surface area contributed by atoms with Crippen molar-refractivity contribution in [2.75, 3.05) is 83.1 Å². The zero-order valence-corrected chi connectivity index (χ0v) is 31.4. The number of hydrogen-bond donors (Lipinski definition) is 0. The number of rotatable bonds is 5. The standard InChI is InChI=1S/C41H41N11O/c1-46(2)24-10-14-29-30-15-11-25(47(3)4)19-34(30)50(33(29)18-24)39-42-37-22-28(53-9)23-38-43-40(45-41(44-39)52(37)38)51-35-20-26(48(5)6)12-16-31(35)32-17-13-27(49(7)8)21-36(32)51/h10-23H,1-9H3. The van der Waals surface area contributed by atoms with E-state index in [1.54, 1.807) is 7.11 Å². The van der Waals surface area contributed by atoms with E-state index in [1.165, 1.54) is 0 Å². The van der Waals surface area contributed by atoms with Crippen LogP contribution < -0.4 is 19.6 Å². The van der Waals surface area contributed by atoms with Gasteiger partial charge in [0.05, 0.1) is 29.2 Å². The van der Waals surface area contributed by atoms with E-state index < -0.39 is 0 Å². The van der Waals surface area contributed by atoms with Crippen molar-refractivity contribution in [3.8, 4) is 0 Å². The number of aliphatic imine (C=N–C) groups is 4. The van der Waals surface area contributed by atoms with E-state index in [9.17, 15) is 0 Å². The molecule has 2 aromatic heterocycles. The van der Waals surface area contributed by atoms with E-state index in [-0.39, 0.29) is 0 Å². The van der Waals surface area contributed by atoms with E-state index >= 15 is 0 Å². The first-order valence-corrected chi connectivity index (χ1v) is 17.5. The third-order valence-corrected chi connectivity index (χ3v) is 10.2. The summed E-state index contributed by atoms with van der Waals surface area (Å²) in [7, 11) is 18.1. The molecule has 0 atom stereocenters. The van der Waals surface area contributed by atoms with Crippen LogP contribution in [0, 0.1) is 0 Å². The monoisotopic (exact) mass is 703 g/mol. The quantitative estimate of drug-likeness (QED) is 0.198. The van der Waals surface area contributed by atoms with Crippen molar-refractivity contribution in [2.24, 2.45) is 20.0 Å². The van der Waals surface area contributed by atoms with Crippen LogP contribution >= 0.6 is 0 Å². The minimum atomic E-state index is 0.470. The highest BCUT2D eigenvalue weighted by Gasteiger charge is 2.35. The van der Waals surface area contributed by atoms with Crippen LogP contribution in [-0.4, -0.2) is 101 Å². The Hall–Kier alpha value is -6.56. The molecule has 6 aromatic rings. The zero-order chi connectivity index (χ0) is 36.9. The predicted molar refractivity (Wildman–Crippen MR) is 222 cm³/mol. The number of amidine groups is 1. The van der Waals surface area contributed by atoms with Crippen LogP contribution in [0.3, 0.4) is 0 Å². The molecule has 4 aromatic carbocycles. The third-order valence-electron chi connectivity index (χ3n) is 10.2. The Balaban J connectivity index is 1.33. The Bertz CT molecular complexity index is 2460. The maximum atomic E-state index is 5.83. The van der Waals surface area contributed by atoms with Crippen molar-refractivity contribution in [3.63, 3.8) is 0 Å². The number of anilines is 4. The lowest BCUT2D eigenvalue weighted by Gasteiger charge is -2.32. The van der Waals surface area contributed by atoms with Gasteiger partial charge in [0, 0.05) is 113 Å². The van der Waals surface area contributed by atoms with E-state index in [4.69, 9.17) is 24.7 Å². The summed E-state index contributed by atoms with van der Waals surface area (Å²) in [5, 5.41) is 4.46. The first-order chi connectivity index (χ1) is 25.5. The summed E-state index contributed by atoms with van der Waals surface area (Å²) < 4.78 is 10.1. The van der Waals surface area contributed by atoms with Crippen LogP contribution in [0.15, 0.2) is 116 Å². The van der Waals surface area contributed by atoms with Crippen LogP contribution in [-0.2, 0) is 4.74 Å². The van der Waals surface area contributed by atoms with Gasteiger partial charge in [0.1, 0.15) is 17.4 Å². The molecule has 0 spiro atoms. The van der Waals surface area contributed by atoms with Crippen molar-refractivity contribution in [2.45, 2.75) is 0 Å². The highest BCUT2D eigenvalue weighted by Crippen LogP contribution is 2.38. The molecule has 0 saturated carbocycles. The van der Waals surface area contributed by atoms with Crippen molar-refractivity contribution in [1.82, 2.24) is 14.0 Å². The van der Waals surface area contributed by atoms with Crippen molar-refractivity contribution in [3.05, 3.63) is 96.5 Å². The summed E-state index contributed by atoms with van der Waals surface area (Å²) in [6, 6.07) is 26.1. The number of methoxy groups -OCH3 is 1. The van der Waals surface area contributed by atoms with Gasteiger partial charge < -0.3 is 24.3 Å². The third kappa shape index (κ3) is 4.96. The highest BCUT2D eigenvalue weighted by atomic mass is 16.5. The molecule has 3 aliphatic heterocycles. The van der Waals surface area contributed by atoms with Gasteiger partial charge in [-0.2, -0.15) is 20.0 Å². The molecule has 0 aliphatic carbocycles. The summed E-state index contributed by atoms with van der Waals surface area (Å²) in [5.41, 5.74) is 8.32. The van der Waals surface area contributed by atoms with Crippen molar-refractivity contribution < 1.29 is 4.74 Å². The number of benzene rings is 4. The molecule has 0 unspecified atom stereocenters. The largest absolute Gasteiger partial charge is 0.496 e. The Kier molecular flexibility index (Phi) is 7.17.